The molecule has 0 unspecified atom stereocenters. The molecule has 0 nitrogen and oxygen atoms in total. The molecule has 0 radical (unpaired) electrons. The molecule has 12 heavy (non-hydrogen) atoms. The first kappa shape index (κ1) is 9.83. The predicted molar refractivity (Wildman–Crippen MR) is 55.2 cm³/mol. The van der Waals surface area contributed by atoms with E-state index < -0.39 is 0 Å². The summed E-state index contributed by atoms with van der Waals surface area (Å²) in [4.78, 5) is 0. The zero-order valence-corrected chi connectivity index (χ0v) is 8.55. The molecule has 0 heterocycles. The van der Waals surface area contributed by atoms with Crippen LogP contribution in [-0.2, 0) is 0 Å². The van der Waals surface area contributed by atoms with Crippen molar-refractivity contribution in [2.24, 2.45) is 11.8 Å². The Morgan fingerprint density at radius 1 is 1.00 bits per heavy atom. The average molecular weight is 166 g/mol. The first-order chi connectivity index (χ1) is 5.80. The molecule has 0 aromatic heterocycles. The lowest BCUT2D eigenvalue weighted by Gasteiger charge is -2.19. The van der Waals surface area contributed by atoms with E-state index in [1.807, 2.05) is 0 Å². The highest BCUT2D eigenvalue weighted by Gasteiger charge is 2.12. The molecule has 1 aliphatic rings. The SMILES string of the molecule is CC(C)C1CCCC=CCCC1. The van der Waals surface area contributed by atoms with Gasteiger partial charge in [0.2, 0.25) is 0 Å². The van der Waals surface area contributed by atoms with Crippen molar-refractivity contribution in [2.75, 3.05) is 0 Å². The Kier molecular flexibility index (Phi) is 4.42. The van der Waals surface area contributed by atoms with Crippen LogP contribution in [0.2, 0.25) is 0 Å². The molecule has 0 atom stereocenters. The van der Waals surface area contributed by atoms with Crippen LogP contribution < -0.4 is 0 Å². The molecular weight excluding hydrogens is 144 g/mol. The zero-order valence-electron chi connectivity index (χ0n) is 8.55. The van der Waals surface area contributed by atoms with Crippen LogP contribution in [0.25, 0.3) is 0 Å². The van der Waals surface area contributed by atoms with E-state index in [9.17, 15) is 0 Å². The molecule has 0 spiro atoms. The van der Waals surface area contributed by atoms with Crippen LogP contribution in [0, 0.1) is 11.8 Å². The van der Waals surface area contributed by atoms with Crippen LogP contribution in [0.4, 0.5) is 0 Å². The molecule has 0 N–H and O–H groups in total. The summed E-state index contributed by atoms with van der Waals surface area (Å²) in [7, 11) is 0. The van der Waals surface area contributed by atoms with E-state index in [1.165, 1.54) is 38.5 Å². The van der Waals surface area contributed by atoms with Crippen LogP contribution in [-0.4, -0.2) is 0 Å². The lowest BCUT2D eigenvalue weighted by molar-refractivity contribution is 0.325. The van der Waals surface area contributed by atoms with E-state index in [4.69, 9.17) is 0 Å². The normalized spacial score (nSPS) is 21.9. The minimum Gasteiger partial charge on any atom is -0.0885 e. The molecule has 0 saturated carbocycles. The number of hydrogen-bond donors (Lipinski definition) is 0. The smallest absolute Gasteiger partial charge is 0.0351 e. The highest BCUT2D eigenvalue weighted by Crippen LogP contribution is 2.25. The lowest BCUT2D eigenvalue weighted by atomic mass is 9.87. The molecular formula is C12H22. The van der Waals surface area contributed by atoms with Crippen molar-refractivity contribution in [1.82, 2.24) is 0 Å². The van der Waals surface area contributed by atoms with Crippen LogP contribution in [0.15, 0.2) is 12.2 Å². The van der Waals surface area contributed by atoms with Crippen molar-refractivity contribution in [3.05, 3.63) is 12.2 Å². The summed E-state index contributed by atoms with van der Waals surface area (Å²) in [5.74, 6) is 1.88. The molecule has 0 bridgehead atoms. The Hall–Kier alpha value is -0.260. The van der Waals surface area contributed by atoms with Crippen molar-refractivity contribution < 1.29 is 0 Å². The fraction of sp³-hybridized carbons (Fsp3) is 0.833. The Balaban J connectivity index is 2.34. The van der Waals surface area contributed by atoms with Crippen molar-refractivity contribution in [3.63, 3.8) is 0 Å². The Bertz CT molecular complexity index is 121. The summed E-state index contributed by atoms with van der Waals surface area (Å²) >= 11 is 0. The van der Waals surface area contributed by atoms with Crippen LogP contribution >= 0.6 is 0 Å². The van der Waals surface area contributed by atoms with Gasteiger partial charge in [0, 0.05) is 0 Å². The van der Waals surface area contributed by atoms with Gasteiger partial charge in [-0.15, -0.1) is 0 Å². The fourth-order valence-corrected chi connectivity index (χ4v) is 2.04. The van der Waals surface area contributed by atoms with E-state index in [0.29, 0.717) is 0 Å². The van der Waals surface area contributed by atoms with Gasteiger partial charge in [-0.05, 0) is 50.4 Å². The molecule has 0 fully saturated rings. The van der Waals surface area contributed by atoms with Gasteiger partial charge in [-0.25, -0.2) is 0 Å². The average Bonchev–Trinajstić information content (AvgIpc) is 2.15. The highest BCUT2D eigenvalue weighted by atomic mass is 14.2. The summed E-state index contributed by atoms with van der Waals surface area (Å²) in [5.41, 5.74) is 0. The molecule has 0 saturated heterocycles. The minimum atomic E-state index is 0.892. The summed E-state index contributed by atoms with van der Waals surface area (Å²) in [6.45, 7) is 4.74. The number of rotatable bonds is 1. The van der Waals surface area contributed by atoms with Crippen LogP contribution in [0.1, 0.15) is 52.4 Å². The molecule has 0 amide bonds. The van der Waals surface area contributed by atoms with Gasteiger partial charge in [-0.2, -0.15) is 0 Å². The third kappa shape index (κ3) is 3.42. The molecule has 0 aliphatic heterocycles. The van der Waals surface area contributed by atoms with E-state index in [1.54, 1.807) is 0 Å². The van der Waals surface area contributed by atoms with Gasteiger partial charge in [0.25, 0.3) is 0 Å². The summed E-state index contributed by atoms with van der Waals surface area (Å²) in [5, 5.41) is 0. The van der Waals surface area contributed by atoms with Gasteiger partial charge >= 0.3 is 0 Å². The van der Waals surface area contributed by atoms with Crippen molar-refractivity contribution >= 4 is 0 Å². The number of allylic oxidation sites excluding steroid dienone is 2. The van der Waals surface area contributed by atoms with Crippen LogP contribution in [0.5, 0.6) is 0 Å². The Morgan fingerprint density at radius 2 is 1.50 bits per heavy atom. The van der Waals surface area contributed by atoms with Gasteiger partial charge in [0.15, 0.2) is 0 Å². The van der Waals surface area contributed by atoms with Gasteiger partial charge < -0.3 is 0 Å². The Labute approximate surface area is 77.1 Å². The number of hydrogen-bond acceptors (Lipinski definition) is 0. The van der Waals surface area contributed by atoms with Crippen LogP contribution in [0.3, 0.4) is 0 Å². The molecule has 0 aromatic rings. The molecule has 1 rings (SSSR count). The molecule has 0 heteroatoms. The Morgan fingerprint density at radius 3 is 1.92 bits per heavy atom. The van der Waals surface area contributed by atoms with E-state index in [2.05, 4.69) is 26.0 Å². The topological polar surface area (TPSA) is 0 Å². The monoisotopic (exact) mass is 166 g/mol. The van der Waals surface area contributed by atoms with E-state index >= 15 is 0 Å². The third-order valence-corrected chi connectivity index (χ3v) is 3.00. The van der Waals surface area contributed by atoms with Crippen molar-refractivity contribution in [3.8, 4) is 0 Å². The molecule has 70 valence electrons. The second-order valence-electron chi connectivity index (χ2n) is 4.34. The van der Waals surface area contributed by atoms with E-state index in [-0.39, 0.29) is 0 Å². The standard InChI is InChI=1S/C12H22/c1-11(2)12-9-7-5-3-4-6-8-10-12/h3-4,11-12H,5-10H2,1-2H3. The maximum atomic E-state index is 2.37. The molecule has 0 aromatic carbocycles. The maximum Gasteiger partial charge on any atom is -0.0351 e. The second kappa shape index (κ2) is 5.40. The minimum absolute atomic E-state index is 0.892. The van der Waals surface area contributed by atoms with Gasteiger partial charge in [0.05, 0.1) is 0 Å². The quantitative estimate of drug-likeness (QED) is 0.513. The highest BCUT2D eigenvalue weighted by molar-refractivity contribution is 4.83. The first-order valence-electron chi connectivity index (χ1n) is 5.45. The zero-order chi connectivity index (χ0) is 8.81. The van der Waals surface area contributed by atoms with Gasteiger partial charge in [-0.3, -0.25) is 0 Å². The predicted octanol–water partition coefficient (Wildman–Crippen LogP) is 4.17. The van der Waals surface area contributed by atoms with Crippen molar-refractivity contribution in [1.29, 1.82) is 0 Å². The summed E-state index contributed by atoms with van der Waals surface area (Å²) in [6, 6.07) is 0. The third-order valence-electron chi connectivity index (χ3n) is 3.00. The van der Waals surface area contributed by atoms with Gasteiger partial charge in [-0.1, -0.05) is 26.0 Å². The summed E-state index contributed by atoms with van der Waals surface area (Å²) in [6.07, 6.45) is 13.0. The maximum absolute atomic E-state index is 2.37. The van der Waals surface area contributed by atoms with E-state index in [0.717, 1.165) is 11.8 Å². The first-order valence-corrected chi connectivity index (χ1v) is 5.45. The van der Waals surface area contributed by atoms with Gasteiger partial charge in [0.1, 0.15) is 0 Å². The second-order valence-corrected chi connectivity index (χ2v) is 4.34. The summed E-state index contributed by atoms with van der Waals surface area (Å²) < 4.78 is 0. The fourth-order valence-electron chi connectivity index (χ4n) is 2.04. The van der Waals surface area contributed by atoms with Crippen molar-refractivity contribution in [2.45, 2.75) is 52.4 Å². The lowest BCUT2D eigenvalue weighted by Crippen LogP contribution is -2.08. The largest absolute Gasteiger partial charge is 0.0885 e. The molecule has 1 aliphatic carbocycles.